The van der Waals surface area contributed by atoms with Gasteiger partial charge in [0.15, 0.2) is 22.1 Å². The highest BCUT2D eigenvalue weighted by atomic mass is 32.2. The van der Waals surface area contributed by atoms with Gasteiger partial charge in [-0.25, -0.2) is 15.0 Å². The maximum atomic E-state index is 11.0. The number of fused-ring (bicyclic) bond motifs is 1. The minimum Gasteiger partial charge on any atom is -0.549 e. The molecule has 0 saturated heterocycles. The number of aliphatic carboxylic acids is 1. The first kappa shape index (κ1) is 17.0. The Morgan fingerprint density at radius 3 is 2.84 bits per heavy atom. The van der Waals surface area contributed by atoms with Crippen LogP contribution in [0.15, 0.2) is 41.8 Å². The van der Waals surface area contributed by atoms with E-state index < -0.39 is 11.2 Å². The van der Waals surface area contributed by atoms with Crippen molar-refractivity contribution < 1.29 is 14.6 Å². The number of anilines is 1. The SMILES string of the molecule is C[C@H](Sc1nc2c(N)ncnc2n1CCOc1ccccc1)C(=O)[O-]. The standard InChI is InChI=1S/C16H17N5O3S/c1-10(15(22)23)25-16-20-12-13(17)18-9-19-14(12)21(16)7-8-24-11-5-3-2-4-6-11/h2-6,9-10H,7-8H2,1H3,(H,22,23)(H2,17,18,19)/p-1/t10-/m0/s1. The molecule has 2 aromatic heterocycles. The number of para-hydroxylation sites is 1. The molecule has 0 amide bonds. The molecule has 0 bridgehead atoms. The van der Waals surface area contributed by atoms with E-state index in [1.165, 1.54) is 6.33 Å². The smallest absolute Gasteiger partial charge is 0.171 e. The van der Waals surface area contributed by atoms with Crippen LogP contribution in [-0.2, 0) is 11.3 Å². The Labute approximate surface area is 148 Å². The molecule has 0 spiro atoms. The van der Waals surface area contributed by atoms with Crippen LogP contribution in [0, 0.1) is 0 Å². The van der Waals surface area contributed by atoms with Crippen molar-refractivity contribution in [2.24, 2.45) is 0 Å². The van der Waals surface area contributed by atoms with Crippen molar-refractivity contribution in [3.8, 4) is 5.75 Å². The fourth-order valence-corrected chi connectivity index (χ4v) is 3.06. The second-order valence-electron chi connectivity index (χ2n) is 5.22. The Balaban J connectivity index is 1.85. The lowest BCUT2D eigenvalue weighted by atomic mass is 10.3. The molecule has 9 heteroatoms. The number of ether oxygens (including phenoxy) is 1. The maximum absolute atomic E-state index is 11.0. The summed E-state index contributed by atoms with van der Waals surface area (Å²) < 4.78 is 7.48. The summed E-state index contributed by atoms with van der Waals surface area (Å²) in [6, 6.07) is 9.41. The highest BCUT2D eigenvalue weighted by Crippen LogP contribution is 2.27. The van der Waals surface area contributed by atoms with Crippen LogP contribution in [0.5, 0.6) is 5.75 Å². The average Bonchev–Trinajstić information content (AvgIpc) is 2.95. The van der Waals surface area contributed by atoms with E-state index in [-0.39, 0.29) is 5.82 Å². The zero-order valence-corrected chi connectivity index (χ0v) is 14.3. The van der Waals surface area contributed by atoms with Gasteiger partial charge in [-0.15, -0.1) is 0 Å². The summed E-state index contributed by atoms with van der Waals surface area (Å²) in [4.78, 5) is 23.6. The van der Waals surface area contributed by atoms with E-state index in [1.54, 1.807) is 11.5 Å². The molecular formula is C16H16N5O3S-. The molecule has 1 atom stereocenters. The van der Waals surface area contributed by atoms with Gasteiger partial charge in [-0.2, -0.15) is 0 Å². The van der Waals surface area contributed by atoms with Gasteiger partial charge in [0.2, 0.25) is 0 Å². The van der Waals surface area contributed by atoms with Crippen LogP contribution in [-0.4, -0.2) is 37.3 Å². The van der Waals surface area contributed by atoms with Gasteiger partial charge in [0.25, 0.3) is 0 Å². The number of thioether (sulfide) groups is 1. The number of imidazole rings is 1. The zero-order valence-electron chi connectivity index (χ0n) is 13.5. The van der Waals surface area contributed by atoms with Crippen molar-refractivity contribution in [3.05, 3.63) is 36.7 Å². The molecule has 3 aromatic rings. The Bertz CT molecular complexity index is 884. The second kappa shape index (κ2) is 7.39. The number of rotatable bonds is 7. The first-order valence-corrected chi connectivity index (χ1v) is 8.46. The summed E-state index contributed by atoms with van der Waals surface area (Å²) in [5, 5.41) is 10.8. The van der Waals surface area contributed by atoms with Crippen LogP contribution >= 0.6 is 11.8 Å². The molecule has 2 heterocycles. The lowest BCUT2D eigenvalue weighted by Gasteiger charge is -2.13. The quantitative estimate of drug-likeness (QED) is 0.614. The summed E-state index contributed by atoms with van der Waals surface area (Å²) in [6.45, 7) is 2.34. The van der Waals surface area contributed by atoms with E-state index in [0.717, 1.165) is 17.5 Å². The molecule has 8 nitrogen and oxygen atoms in total. The van der Waals surface area contributed by atoms with Crippen molar-refractivity contribution in [2.75, 3.05) is 12.3 Å². The number of benzene rings is 1. The first-order chi connectivity index (χ1) is 12.1. The molecule has 1 aromatic carbocycles. The normalized spacial score (nSPS) is 12.2. The van der Waals surface area contributed by atoms with Gasteiger partial charge in [-0.1, -0.05) is 30.0 Å². The third kappa shape index (κ3) is 3.82. The molecule has 2 N–H and O–H groups in total. The molecule has 0 aliphatic carbocycles. The van der Waals surface area contributed by atoms with Crippen molar-refractivity contribution in [1.29, 1.82) is 0 Å². The van der Waals surface area contributed by atoms with E-state index in [4.69, 9.17) is 10.5 Å². The largest absolute Gasteiger partial charge is 0.549 e. The minimum absolute atomic E-state index is 0.246. The monoisotopic (exact) mass is 358 g/mol. The van der Waals surface area contributed by atoms with Gasteiger partial charge >= 0.3 is 0 Å². The van der Waals surface area contributed by atoms with Gasteiger partial charge in [0.05, 0.1) is 12.5 Å². The minimum atomic E-state index is -1.16. The van der Waals surface area contributed by atoms with Crippen molar-refractivity contribution in [1.82, 2.24) is 19.5 Å². The Hall–Kier alpha value is -2.81. The van der Waals surface area contributed by atoms with Crippen LogP contribution in [0.25, 0.3) is 11.2 Å². The van der Waals surface area contributed by atoms with Gasteiger partial charge in [0.1, 0.15) is 18.7 Å². The number of hydrogen-bond acceptors (Lipinski definition) is 8. The molecule has 130 valence electrons. The summed E-state index contributed by atoms with van der Waals surface area (Å²) in [6.07, 6.45) is 1.35. The van der Waals surface area contributed by atoms with Gasteiger partial charge in [-0.3, -0.25) is 0 Å². The fraction of sp³-hybridized carbons (Fsp3) is 0.250. The average molecular weight is 358 g/mol. The van der Waals surface area contributed by atoms with Crippen LogP contribution < -0.4 is 15.6 Å². The lowest BCUT2D eigenvalue weighted by Crippen LogP contribution is -2.31. The molecule has 0 saturated carbocycles. The molecule has 0 unspecified atom stereocenters. The number of nitrogens with zero attached hydrogens (tertiary/aromatic N) is 4. The van der Waals surface area contributed by atoms with Crippen LogP contribution in [0.1, 0.15) is 6.92 Å². The van der Waals surface area contributed by atoms with Gasteiger partial charge in [0, 0.05) is 5.25 Å². The number of nitrogens with two attached hydrogens (primary N) is 1. The van der Waals surface area contributed by atoms with E-state index in [2.05, 4.69) is 15.0 Å². The molecule has 0 fully saturated rings. The molecular weight excluding hydrogens is 342 g/mol. The fourth-order valence-electron chi connectivity index (χ4n) is 2.20. The van der Waals surface area contributed by atoms with E-state index in [0.29, 0.717) is 29.5 Å². The van der Waals surface area contributed by atoms with Gasteiger partial charge < -0.3 is 24.9 Å². The second-order valence-corrected chi connectivity index (χ2v) is 6.53. The highest BCUT2D eigenvalue weighted by molar-refractivity contribution is 8.00. The summed E-state index contributed by atoms with van der Waals surface area (Å²) in [7, 11) is 0. The summed E-state index contributed by atoms with van der Waals surface area (Å²) >= 11 is 1.07. The number of hydrogen-bond donors (Lipinski definition) is 1. The van der Waals surface area contributed by atoms with Crippen molar-refractivity contribution >= 4 is 34.7 Å². The number of carbonyl (C=O) groups is 1. The van der Waals surface area contributed by atoms with E-state index in [1.807, 2.05) is 30.3 Å². The van der Waals surface area contributed by atoms with Gasteiger partial charge in [-0.05, 0) is 19.1 Å². The number of carbonyl (C=O) groups excluding carboxylic acids is 1. The van der Waals surface area contributed by atoms with E-state index in [9.17, 15) is 9.90 Å². The van der Waals surface area contributed by atoms with Crippen LogP contribution in [0.4, 0.5) is 5.82 Å². The third-order valence-electron chi connectivity index (χ3n) is 3.47. The summed E-state index contributed by atoms with van der Waals surface area (Å²) in [5.74, 6) is -0.169. The molecule has 0 aliphatic rings. The zero-order chi connectivity index (χ0) is 17.8. The lowest BCUT2D eigenvalue weighted by molar-refractivity contribution is -0.304. The number of carboxylic acids is 1. The third-order valence-corrected chi connectivity index (χ3v) is 4.53. The first-order valence-electron chi connectivity index (χ1n) is 7.58. The summed E-state index contributed by atoms with van der Waals surface area (Å²) in [5.41, 5.74) is 6.83. The molecule has 0 radical (unpaired) electrons. The van der Waals surface area contributed by atoms with Crippen molar-refractivity contribution in [3.63, 3.8) is 0 Å². The Morgan fingerprint density at radius 2 is 2.12 bits per heavy atom. The Kier molecular flexibility index (Phi) is 5.03. The predicted octanol–water partition coefficient (Wildman–Crippen LogP) is 0.718. The highest BCUT2D eigenvalue weighted by Gasteiger charge is 2.18. The van der Waals surface area contributed by atoms with E-state index >= 15 is 0 Å². The maximum Gasteiger partial charge on any atom is 0.171 e. The molecule has 25 heavy (non-hydrogen) atoms. The number of carboxylic acid groups (broad SMARTS) is 1. The molecule has 0 aliphatic heterocycles. The molecule has 3 rings (SSSR count). The van der Waals surface area contributed by atoms with Crippen LogP contribution in [0.3, 0.4) is 0 Å². The Morgan fingerprint density at radius 1 is 1.36 bits per heavy atom. The topological polar surface area (TPSA) is 119 Å². The number of nitrogen functional groups attached to an aromatic ring is 1. The predicted molar refractivity (Wildman–Crippen MR) is 92.0 cm³/mol. The van der Waals surface area contributed by atoms with Crippen molar-refractivity contribution in [2.45, 2.75) is 23.9 Å². The number of aromatic nitrogens is 4. The van der Waals surface area contributed by atoms with Crippen LogP contribution in [0.2, 0.25) is 0 Å².